The van der Waals surface area contributed by atoms with E-state index in [1.54, 1.807) is 41.1 Å². The Morgan fingerprint density at radius 2 is 1.59 bits per heavy atom. The van der Waals surface area contributed by atoms with Crippen LogP contribution in [0.25, 0.3) is 0 Å². The molecule has 2 unspecified atom stereocenters. The van der Waals surface area contributed by atoms with Crippen LogP contribution in [0.2, 0.25) is 5.02 Å². The Morgan fingerprint density at radius 3 is 2.24 bits per heavy atom. The quantitative estimate of drug-likeness (QED) is 0.100. The Morgan fingerprint density at radius 1 is 0.939 bits per heavy atom. The monoisotopic (exact) mass is 714 g/mol. The lowest BCUT2D eigenvalue weighted by Crippen LogP contribution is -2.29. The molecule has 272 valence electrons. The van der Waals surface area contributed by atoms with Crippen LogP contribution in [0.1, 0.15) is 130 Å². The molecular formula is C39H59ClN4O4S. The molecule has 0 saturated carbocycles. The number of carbonyl (C=O) groups excluding carboxylic acids is 1. The summed E-state index contributed by atoms with van der Waals surface area (Å²) in [5, 5.41) is 6.80. The highest BCUT2D eigenvalue weighted by atomic mass is 35.5. The van der Waals surface area contributed by atoms with E-state index >= 15 is 0 Å². The topological polar surface area (TPSA) is 102 Å². The molecular weight excluding hydrogens is 656 g/mol. The number of sulfone groups is 1. The average Bonchev–Trinajstić information content (AvgIpc) is 3.50. The zero-order valence-electron chi connectivity index (χ0n) is 30.6. The normalized spacial score (nSPS) is 13.2. The van der Waals surface area contributed by atoms with E-state index in [2.05, 4.69) is 57.2 Å². The van der Waals surface area contributed by atoms with Gasteiger partial charge in [-0.05, 0) is 80.5 Å². The average molecular weight is 715 g/mol. The first kappa shape index (κ1) is 40.4. The van der Waals surface area contributed by atoms with Crippen molar-refractivity contribution in [1.82, 2.24) is 9.55 Å². The molecule has 0 aliphatic heterocycles. The molecule has 3 aromatic rings. The van der Waals surface area contributed by atoms with Gasteiger partial charge in [-0.1, -0.05) is 97.6 Å². The highest BCUT2D eigenvalue weighted by molar-refractivity contribution is 7.90. The van der Waals surface area contributed by atoms with Crippen LogP contribution in [-0.4, -0.2) is 36.5 Å². The van der Waals surface area contributed by atoms with Gasteiger partial charge in [0.25, 0.3) is 0 Å². The number of anilines is 2. The predicted molar refractivity (Wildman–Crippen MR) is 203 cm³/mol. The molecule has 10 heteroatoms. The van der Waals surface area contributed by atoms with E-state index in [9.17, 15) is 13.2 Å². The van der Waals surface area contributed by atoms with Gasteiger partial charge in [-0.25, -0.2) is 13.4 Å². The second-order valence-electron chi connectivity index (χ2n) is 14.5. The van der Waals surface area contributed by atoms with Gasteiger partial charge in [-0.15, -0.1) is 0 Å². The molecule has 0 radical (unpaired) electrons. The van der Waals surface area contributed by atoms with Gasteiger partial charge in [-0.3, -0.25) is 4.79 Å². The number of carbonyl (C=O) groups is 1. The highest BCUT2D eigenvalue weighted by Crippen LogP contribution is 2.32. The minimum absolute atomic E-state index is 0.0622. The fourth-order valence-electron chi connectivity index (χ4n) is 5.76. The van der Waals surface area contributed by atoms with E-state index in [1.165, 1.54) is 51.3 Å². The van der Waals surface area contributed by atoms with Crippen molar-refractivity contribution >= 4 is 38.7 Å². The molecule has 0 spiro atoms. The van der Waals surface area contributed by atoms with Crippen LogP contribution in [0.4, 0.5) is 11.4 Å². The number of rotatable bonds is 22. The zero-order valence-corrected chi connectivity index (χ0v) is 32.1. The summed E-state index contributed by atoms with van der Waals surface area (Å²) in [6.07, 6.45) is 17.0. The van der Waals surface area contributed by atoms with Crippen LogP contribution in [-0.2, 0) is 20.4 Å². The van der Waals surface area contributed by atoms with Crippen LogP contribution >= 0.6 is 11.6 Å². The van der Waals surface area contributed by atoms with Crippen LogP contribution in [0.3, 0.4) is 0 Å². The number of ether oxygens (including phenoxy) is 1. The number of nitrogens with one attached hydrogen (secondary N) is 2. The molecule has 1 aromatic heterocycles. The van der Waals surface area contributed by atoms with Gasteiger partial charge in [0, 0.05) is 18.4 Å². The van der Waals surface area contributed by atoms with E-state index in [4.69, 9.17) is 16.3 Å². The maximum atomic E-state index is 13.7. The van der Waals surface area contributed by atoms with Crippen LogP contribution in [0.15, 0.2) is 59.9 Å². The molecule has 2 N–H and O–H groups in total. The van der Waals surface area contributed by atoms with Crippen molar-refractivity contribution in [2.75, 3.05) is 17.2 Å². The van der Waals surface area contributed by atoms with Gasteiger partial charge >= 0.3 is 0 Å². The van der Waals surface area contributed by atoms with Gasteiger partial charge in [0.05, 0.1) is 39.5 Å². The van der Waals surface area contributed by atoms with Crippen molar-refractivity contribution in [2.45, 2.75) is 141 Å². The molecule has 1 amide bonds. The predicted octanol–water partition coefficient (Wildman–Crippen LogP) is 10.6. The molecule has 2 aromatic carbocycles. The lowest BCUT2D eigenvalue weighted by atomic mass is 9.87. The second kappa shape index (κ2) is 20.0. The number of benzene rings is 2. The first-order valence-electron chi connectivity index (χ1n) is 18.2. The number of imidazole rings is 1. The fourth-order valence-corrected chi connectivity index (χ4v) is 7.18. The van der Waals surface area contributed by atoms with Crippen molar-refractivity contribution in [3.05, 3.63) is 65.7 Å². The molecule has 0 bridgehead atoms. The standard InChI is InChI=1S/C39H59ClN4O4S/c1-7-9-11-12-13-14-15-16-17-30(3)48-33-19-21-34(22-20-33)49(46,47)28-32-27-44(29-42-32)37(26-39(4,5)6)38(45)43-36-25-31(18-23-35(36)40)41-24-10-8-2/h18-23,25,27,29-30,37,41H,7-17,24,26,28H2,1-6H3,(H,43,45). The molecule has 0 aliphatic carbocycles. The van der Waals surface area contributed by atoms with Crippen molar-refractivity contribution in [3.8, 4) is 5.75 Å². The molecule has 0 saturated heterocycles. The summed E-state index contributed by atoms with van der Waals surface area (Å²) in [6.45, 7) is 13.4. The maximum Gasteiger partial charge on any atom is 0.247 e. The first-order chi connectivity index (χ1) is 23.3. The lowest BCUT2D eigenvalue weighted by Gasteiger charge is -2.26. The SMILES string of the molecule is CCCCCCCCCCC(C)Oc1ccc(S(=O)(=O)Cc2cn(C(CC(C)(C)C)C(=O)Nc3cc(NCCCC)ccc3Cl)cn2)cc1. The van der Waals surface area contributed by atoms with Gasteiger partial charge in [0.1, 0.15) is 11.8 Å². The summed E-state index contributed by atoms with van der Waals surface area (Å²) < 4.78 is 34.5. The van der Waals surface area contributed by atoms with Crippen LogP contribution < -0.4 is 15.4 Å². The van der Waals surface area contributed by atoms with Crippen molar-refractivity contribution in [1.29, 1.82) is 0 Å². The summed E-state index contributed by atoms with van der Waals surface area (Å²) in [5.74, 6) is 0.131. The third-order valence-electron chi connectivity index (χ3n) is 8.53. The number of hydrogen-bond acceptors (Lipinski definition) is 6. The summed E-state index contributed by atoms with van der Waals surface area (Å²) in [5.41, 5.74) is 1.57. The van der Waals surface area contributed by atoms with Gasteiger partial charge in [0.15, 0.2) is 9.84 Å². The number of halogens is 1. The Balaban J connectivity index is 1.61. The molecule has 3 rings (SSSR count). The largest absolute Gasteiger partial charge is 0.491 e. The van der Waals surface area contributed by atoms with E-state index in [-0.39, 0.29) is 28.1 Å². The van der Waals surface area contributed by atoms with E-state index in [0.717, 1.165) is 37.9 Å². The van der Waals surface area contributed by atoms with Crippen molar-refractivity contribution < 1.29 is 17.9 Å². The summed E-state index contributed by atoms with van der Waals surface area (Å²) in [7, 11) is -3.68. The van der Waals surface area contributed by atoms with Crippen LogP contribution in [0.5, 0.6) is 5.75 Å². The smallest absolute Gasteiger partial charge is 0.247 e. The third-order valence-corrected chi connectivity index (χ3v) is 10.5. The molecule has 0 fully saturated rings. The molecule has 49 heavy (non-hydrogen) atoms. The van der Waals surface area contributed by atoms with Crippen molar-refractivity contribution in [2.24, 2.45) is 5.41 Å². The van der Waals surface area contributed by atoms with Crippen LogP contribution in [0, 0.1) is 5.41 Å². The summed E-state index contributed by atoms with van der Waals surface area (Å²) >= 11 is 6.47. The van der Waals surface area contributed by atoms with E-state index in [1.807, 2.05) is 12.1 Å². The fraction of sp³-hybridized carbons (Fsp3) is 0.590. The van der Waals surface area contributed by atoms with E-state index < -0.39 is 15.9 Å². The number of aromatic nitrogens is 2. The lowest BCUT2D eigenvalue weighted by molar-refractivity contribution is -0.120. The van der Waals surface area contributed by atoms with Gasteiger partial charge in [0.2, 0.25) is 5.91 Å². The Hall–Kier alpha value is -3.04. The molecule has 8 nitrogen and oxygen atoms in total. The van der Waals surface area contributed by atoms with E-state index in [0.29, 0.717) is 28.6 Å². The Kier molecular flexibility index (Phi) is 16.5. The van der Waals surface area contributed by atoms with Gasteiger partial charge in [-0.2, -0.15) is 0 Å². The van der Waals surface area contributed by atoms with Crippen molar-refractivity contribution in [3.63, 3.8) is 0 Å². The summed E-state index contributed by atoms with van der Waals surface area (Å²) in [6, 6.07) is 11.5. The zero-order chi connectivity index (χ0) is 35.9. The number of unbranched alkanes of at least 4 members (excludes halogenated alkanes) is 8. The highest BCUT2D eigenvalue weighted by Gasteiger charge is 2.28. The molecule has 0 aliphatic rings. The first-order valence-corrected chi connectivity index (χ1v) is 20.2. The molecule has 1 heterocycles. The minimum Gasteiger partial charge on any atom is -0.491 e. The third kappa shape index (κ3) is 14.4. The Bertz CT molecular complexity index is 1530. The van der Waals surface area contributed by atoms with Gasteiger partial charge < -0.3 is 19.9 Å². The Labute approximate surface area is 300 Å². The number of amides is 1. The second-order valence-corrected chi connectivity index (χ2v) is 16.9. The maximum absolute atomic E-state index is 13.7. The number of nitrogens with zero attached hydrogens (tertiary/aromatic N) is 2. The summed E-state index contributed by atoms with van der Waals surface area (Å²) in [4.78, 5) is 18.3. The molecule has 2 atom stereocenters. The minimum atomic E-state index is -3.68. The number of hydrogen-bond donors (Lipinski definition) is 2.